The Bertz CT molecular complexity index is 708. The minimum absolute atomic E-state index is 0.0743. The topological polar surface area (TPSA) is 58.6 Å². The number of hydrogen-bond acceptors (Lipinski definition) is 3. The largest absolute Gasteiger partial charge is 0.484 e. The Hall–Kier alpha value is -2.33. The van der Waals surface area contributed by atoms with Gasteiger partial charge in [0.1, 0.15) is 5.75 Å². The number of carbonyl (C=O) groups is 1. The summed E-state index contributed by atoms with van der Waals surface area (Å²) in [5, 5.41) is 12.6. The second-order valence-electron chi connectivity index (χ2n) is 6.28. The van der Waals surface area contributed by atoms with Crippen molar-refractivity contribution in [1.29, 1.82) is 0 Å². The number of nitrogens with one attached hydrogen (secondary N) is 1. The predicted octanol–water partition coefficient (Wildman–Crippen LogP) is 4.19. The SMILES string of the molecule is Cc1cccc(C(C)C)c1NC(=O)COc1cccc(C(C)O)c1. The second kappa shape index (κ2) is 7.97. The molecule has 0 aliphatic heterocycles. The zero-order valence-corrected chi connectivity index (χ0v) is 14.7. The number of anilines is 1. The number of aryl methyl sites for hydroxylation is 1. The van der Waals surface area contributed by atoms with Gasteiger partial charge < -0.3 is 15.2 Å². The zero-order chi connectivity index (χ0) is 17.7. The van der Waals surface area contributed by atoms with Gasteiger partial charge >= 0.3 is 0 Å². The standard InChI is InChI=1S/C20H25NO3/c1-13(2)18-10-5-7-14(3)20(18)21-19(23)12-24-17-9-6-8-16(11-17)15(4)22/h5-11,13,15,22H,12H2,1-4H3,(H,21,23). The number of hydrogen-bond donors (Lipinski definition) is 2. The van der Waals surface area contributed by atoms with E-state index in [-0.39, 0.29) is 12.5 Å². The number of carbonyl (C=O) groups excluding carboxylic acids is 1. The first-order valence-electron chi connectivity index (χ1n) is 8.18. The lowest BCUT2D eigenvalue weighted by atomic mass is 9.98. The fourth-order valence-electron chi connectivity index (χ4n) is 2.53. The third-order valence-corrected chi connectivity index (χ3v) is 3.90. The van der Waals surface area contributed by atoms with Crippen molar-refractivity contribution in [2.75, 3.05) is 11.9 Å². The molecule has 0 fully saturated rings. The summed E-state index contributed by atoms with van der Waals surface area (Å²) in [5.41, 5.74) is 3.76. The van der Waals surface area contributed by atoms with Gasteiger partial charge in [-0.25, -0.2) is 0 Å². The van der Waals surface area contributed by atoms with E-state index < -0.39 is 6.10 Å². The molecule has 0 saturated carbocycles. The molecule has 24 heavy (non-hydrogen) atoms. The van der Waals surface area contributed by atoms with Crippen LogP contribution in [0, 0.1) is 6.92 Å². The molecule has 2 rings (SSSR count). The molecule has 4 nitrogen and oxygen atoms in total. The van der Waals surface area contributed by atoms with Crippen molar-refractivity contribution in [3.05, 3.63) is 59.2 Å². The van der Waals surface area contributed by atoms with Crippen LogP contribution in [-0.4, -0.2) is 17.6 Å². The molecule has 4 heteroatoms. The monoisotopic (exact) mass is 327 g/mol. The molecule has 2 aromatic carbocycles. The molecule has 0 saturated heterocycles. The van der Waals surface area contributed by atoms with Crippen LogP contribution in [0.15, 0.2) is 42.5 Å². The van der Waals surface area contributed by atoms with Crippen molar-refractivity contribution < 1.29 is 14.6 Å². The van der Waals surface area contributed by atoms with Crippen LogP contribution in [-0.2, 0) is 4.79 Å². The van der Waals surface area contributed by atoms with Crippen LogP contribution in [0.25, 0.3) is 0 Å². The van der Waals surface area contributed by atoms with Crippen molar-refractivity contribution in [1.82, 2.24) is 0 Å². The molecule has 1 amide bonds. The number of para-hydroxylation sites is 1. The van der Waals surface area contributed by atoms with Gasteiger partial charge in [-0.15, -0.1) is 0 Å². The first-order valence-corrected chi connectivity index (χ1v) is 8.18. The molecule has 0 aliphatic carbocycles. The van der Waals surface area contributed by atoms with Crippen LogP contribution in [0.3, 0.4) is 0 Å². The number of aliphatic hydroxyl groups excluding tert-OH is 1. The number of ether oxygens (including phenoxy) is 1. The van der Waals surface area contributed by atoms with Gasteiger partial charge in [0.05, 0.1) is 6.10 Å². The summed E-state index contributed by atoms with van der Waals surface area (Å²) in [5.74, 6) is 0.690. The molecule has 128 valence electrons. The maximum Gasteiger partial charge on any atom is 0.262 e. The lowest BCUT2D eigenvalue weighted by Crippen LogP contribution is -2.21. The number of aliphatic hydroxyl groups is 1. The van der Waals surface area contributed by atoms with E-state index in [9.17, 15) is 9.90 Å². The molecule has 0 radical (unpaired) electrons. The van der Waals surface area contributed by atoms with Gasteiger partial charge in [-0.3, -0.25) is 4.79 Å². The van der Waals surface area contributed by atoms with Crippen molar-refractivity contribution in [3.8, 4) is 5.75 Å². The highest BCUT2D eigenvalue weighted by Crippen LogP contribution is 2.27. The summed E-state index contributed by atoms with van der Waals surface area (Å²) >= 11 is 0. The first-order chi connectivity index (χ1) is 11.4. The molecule has 0 heterocycles. The fraction of sp³-hybridized carbons (Fsp3) is 0.350. The number of benzene rings is 2. The van der Waals surface area contributed by atoms with Gasteiger partial charge in [0.2, 0.25) is 0 Å². The van der Waals surface area contributed by atoms with Crippen LogP contribution in [0.1, 0.15) is 49.5 Å². The van der Waals surface area contributed by atoms with Crippen molar-refractivity contribution in [2.24, 2.45) is 0 Å². The highest BCUT2D eigenvalue weighted by atomic mass is 16.5. The lowest BCUT2D eigenvalue weighted by Gasteiger charge is -2.16. The fourth-order valence-corrected chi connectivity index (χ4v) is 2.53. The predicted molar refractivity (Wildman–Crippen MR) is 96.5 cm³/mol. The van der Waals surface area contributed by atoms with Crippen molar-refractivity contribution in [3.63, 3.8) is 0 Å². The van der Waals surface area contributed by atoms with Gasteiger partial charge in [0, 0.05) is 5.69 Å². The summed E-state index contributed by atoms with van der Waals surface area (Å²) in [6, 6.07) is 13.1. The van der Waals surface area contributed by atoms with Gasteiger partial charge in [-0.05, 0) is 48.6 Å². The lowest BCUT2D eigenvalue weighted by molar-refractivity contribution is -0.118. The summed E-state index contributed by atoms with van der Waals surface area (Å²) < 4.78 is 5.55. The van der Waals surface area contributed by atoms with E-state index in [4.69, 9.17) is 4.74 Å². The summed E-state index contributed by atoms with van der Waals surface area (Å²) in [6.45, 7) is 7.80. The van der Waals surface area contributed by atoms with Crippen LogP contribution in [0.4, 0.5) is 5.69 Å². The van der Waals surface area contributed by atoms with Gasteiger partial charge in [-0.1, -0.05) is 44.2 Å². The molecule has 2 aromatic rings. The Labute approximate surface area is 143 Å². The normalized spacial score (nSPS) is 12.1. The molecule has 1 unspecified atom stereocenters. The average Bonchev–Trinajstić information content (AvgIpc) is 2.55. The maximum atomic E-state index is 12.2. The second-order valence-corrected chi connectivity index (χ2v) is 6.28. The van der Waals surface area contributed by atoms with Crippen LogP contribution in [0.2, 0.25) is 0 Å². The van der Waals surface area contributed by atoms with E-state index in [1.165, 1.54) is 0 Å². The van der Waals surface area contributed by atoms with Crippen LogP contribution >= 0.6 is 0 Å². The Kier molecular flexibility index (Phi) is 5.99. The van der Waals surface area contributed by atoms with E-state index in [0.717, 1.165) is 22.4 Å². The highest BCUT2D eigenvalue weighted by Gasteiger charge is 2.12. The molecule has 2 N–H and O–H groups in total. The average molecular weight is 327 g/mol. The quantitative estimate of drug-likeness (QED) is 0.836. The van der Waals surface area contributed by atoms with Crippen LogP contribution < -0.4 is 10.1 Å². The van der Waals surface area contributed by atoms with E-state index in [0.29, 0.717) is 11.7 Å². The van der Waals surface area contributed by atoms with Gasteiger partial charge in [-0.2, -0.15) is 0 Å². The summed E-state index contributed by atoms with van der Waals surface area (Å²) in [6.07, 6.45) is -0.567. The number of rotatable bonds is 6. The van der Waals surface area contributed by atoms with Crippen molar-refractivity contribution in [2.45, 2.75) is 39.7 Å². The molecule has 1 atom stereocenters. The zero-order valence-electron chi connectivity index (χ0n) is 14.7. The molecule has 0 spiro atoms. The Balaban J connectivity index is 2.03. The number of amides is 1. The van der Waals surface area contributed by atoms with E-state index >= 15 is 0 Å². The van der Waals surface area contributed by atoms with Gasteiger partial charge in [0.15, 0.2) is 6.61 Å². The third kappa shape index (κ3) is 4.59. The van der Waals surface area contributed by atoms with Gasteiger partial charge in [0.25, 0.3) is 5.91 Å². The van der Waals surface area contributed by atoms with Crippen LogP contribution in [0.5, 0.6) is 5.75 Å². The Morgan fingerprint density at radius 3 is 2.54 bits per heavy atom. The maximum absolute atomic E-state index is 12.2. The van der Waals surface area contributed by atoms with E-state index in [1.54, 1.807) is 25.1 Å². The molecule has 0 aliphatic rings. The minimum Gasteiger partial charge on any atom is -0.484 e. The summed E-state index contributed by atoms with van der Waals surface area (Å²) in [7, 11) is 0. The molecule has 0 aromatic heterocycles. The summed E-state index contributed by atoms with van der Waals surface area (Å²) in [4.78, 5) is 12.2. The molecule has 0 bridgehead atoms. The molecular formula is C20H25NO3. The smallest absolute Gasteiger partial charge is 0.262 e. The first kappa shape index (κ1) is 18.0. The van der Waals surface area contributed by atoms with E-state index in [2.05, 4.69) is 19.2 Å². The van der Waals surface area contributed by atoms with E-state index in [1.807, 2.05) is 31.2 Å². The van der Waals surface area contributed by atoms with Crippen molar-refractivity contribution >= 4 is 11.6 Å². The minimum atomic E-state index is -0.567. The molecular weight excluding hydrogens is 302 g/mol. The Morgan fingerprint density at radius 2 is 1.88 bits per heavy atom. The Morgan fingerprint density at radius 1 is 1.17 bits per heavy atom. The highest BCUT2D eigenvalue weighted by molar-refractivity contribution is 5.93. The third-order valence-electron chi connectivity index (χ3n) is 3.90.